The Morgan fingerprint density at radius 1 is 1.04 bits per heavy atom. The first-order valence-corrected chi connectivity index (χ1v) is 7.75. The molecule has 4 heteroatoms. The molecular weight excluding hydrogens is 288 g/mol. The van der Waals surface area contributed by atoms with Crippen LogP contribution in [0.3, 0.4) is 0 Å². The number of carbonyl (C=O) groups is 1. The molecule has 4 nitrogen and oxygen atoms in total. The summed E-state index contributed by atoms with van der Waals surface area (Å²) in [6.45, 7) is 7.97. The molecule has 2 rings (SSSR count). The van der Waals surface area contributed by atoms with Gasteiger partial charge >= 0.3 is 0 Å². The Labute approximate surface area is 137 Å². The van der Waals surface area contributed by atoms with E-state index in [4.69, 9.17) is 5.11 Å². The number of carbonyl (C=O) groups excluding carboxylic acids is 1. The van der Waals surface area contributed by atoms with Gasteiger partial charge < -0.3 is 15.7 Å². The van der Waals surface area contributed by atoms with Crippen molar-refractivity contribution in [3.05, 3.63) is 58.7 Å². The molecular formula is C19H24N2O2. The van der Waals surface area contributed by atoms with E-state index in [1.165, 1.54) is 22.3 Å². The standard InChI is InChI=1S/C19H24N2O2/c1-12-8-14(3)18(9-13(12)2)15(4)20-16-6-5-7-17(10-16)21-19(23)11-22/h5-10,15,20,22H,11H2,1-4H3,(H,21,23). The van der Waals surface area contributed by atoms with Crippen molar-refractivity contribution < 1.29 is 9.90 Å². The van der Waals surface area contributed by atoms with Gasteiger partial charge in [-0.1, -0.05) is 18.2 Å². The molecule has 1 atom stereocenters. The molecule has 122 valence electrons. The van der Waals surface area contributed by atoms with Gasteiger partial charge in [0.1, 0.15) is 6.61 Å². The molecule has 0 spiro atoms. The molecule has 1 amide bonds. The van der Waals surface area contributed by atoms with Crippen molar-refractivity contribution in [2.75, 3.05) is 17.2 Å². The average Bonchev–Trinajstić information content (AvgIpc) is 2.51. The Balaban J connectivity index is 2.17. The van der Waals surface area contributed by atoms with Crippen LogP contribution in [0, 0.1) is 20.8 Å². The van der Waals surface area contributed by atoms with Gasteiger partial charge in [-0.25, -0.2) is 0 Å². The molecule has 0 fully saturated rings. The van der Waals surface area contributed by atoms with E-state index in [9.17, 15) is 4.79 Å². The average molecular weight is 312 g/mol. The fourth-order valence-corrected chi connectivity index (χ4v) is 2.66. The molecule has 0 radical (unpaired) electrons. The molecule has 3 N–H and O–H groups in total. The Hall–Kier alpha value is -2.33. The summed E-state index contributed by atoms with van der Waals surface area (Å²) < 4.78 is 0. The predicted octanol–water partition coefficient (Wildman–Crippen LogP) is 3.72. The first-order chi connectivity index (χ1) is 10.9. The van der Waals surface area contributed by atoms with Crippen LogP contribution in [-0.4, -0.2) is 17.6 Å². The molecule has 23 heavy (non-hydrogen) atoms. The monoisotopic (exact) mass is 312 g/mol. The van der Waals surface area contributed by atoms with Crippen LogP contribution in [0.5, 0.6) is 0 Å². The SMILES string of the molecule is Cc1cc(C)c(C(C)Nc2cccc(NC(=O)CO)c2)cc1C. The summed E-state index contributed by atoms with van der Waals surface area (Å²) in [7, 11) is 0. The summed E-state index contributed by atoms with van der Waals surface area (Å²) in [5.41, 5.74) is 6.69. The van der Waals surface area contributed by atoms with Crippen molar-refractivity contribution in [1.82, 2.24) is 0 Å². The topological polar surface area (TPSA) is 61.4 Å². The summed E-state index contributed by atoms with van der Waals surface area (Å²) in [4.78, 5) is 11.3. The molecule has 2 aromatic carbocycles. The largest absolute Gasteiger partial charge is 0.387 e. The third-order valence-electron chi connectivity index (χ3n) is 4.02. The van der Waals surface area contributed by atoms with Crippen LogP contribution in [0.25, 0.3) is 0 Å². The number of aliphatic hydroxyl groups excluding tert-OH is 1. The van der Waals surface area contributed by atoms with E-state index in [2.05, 4.69) is 50.5 Å². The maximum absolute atomic E-state index is 11.3. The van der Waals surface area contributed by atoms with Crippen molar-refractivity contribution in [3.8, 4) is 0 Å². The summed E-state index contributed by atoms with van der Waals surface area (Å²) in [5.74, 6) is -0.416. The highest BCUT2D eigenvalue weighted by atomic mass is 16.3. The fraction of sp³-hybridized carbons (Fsp3) is 0.316. The van der Waals surface area contributed by atoms with Crippen LogP contribution in [-0.2, 0) is 4.79 Å². The maximum atomic E-state index is 11.3. The van der Waals surface area contributed by atoms with Crippen LogP contribution in [0.15, 0.2) is 36.4 Å². The molecule has 0 aliphatic rings. The summed E-state index contributed by atoms with van der Waals surface area (Å²) in [5, 5.41) is 14.9. The minimum absolute atomic E-state index is 0.151. The zero-order valence-electron chi connectivity index (χ0n) is 14.1. The Morgan fingerprint density at radius 2 is 1.70 bits per heavy atom. The van der Waals surface area contributed by atoms with E-state index >= 15 is 0 Å². The number of amides is 1. The molecule has 0 saturated carbocycles. The lowest BCUT2D eigenvalue weighted by atomic mass is 9.96. The number of aliphatic hydroxyl groups is 1. The van der Waals surface area contributed by atoms with Gasteiger partial charge in [0.05, 0.1) is 0 Å². The zero-order chi connectivity index (χ0) is 17.0. The van der Waals surface area contributed by atoms with Crippen molar-refractivity contribution >= 4 is 17.3 Å². The number of benzene rings is 2. The highest BCUT2D eigenvalue weighted by molar-refractivity contribution is 5.91. The van der Waals surface area contributed by atoms with Gasteiger partial charge in [0, 0.05) is 17.4 Å². The molecule has 0 aliphatic carbocycles. The second-order valence-electron chi connectivity index (χ2n) is 5.95. The van der Waals surface area contributed by atoms with E-state index in [-0.39, 0.29) is 6.04 Å². The minimum Gasteiger partial charge on any atom is -0.387 e. The van der Waals surface area contributed by atoms with Gasteiger partial charge in [-0.05, 0) is 68.1 Å². The van der Waals surface area contributed by atoms with Crippen molar-refractivity contribution in [2.24, 2.45) is 0 Å². The second kappa shape index (κ2) is 7.29. The van der Waals surface area contributed by atoms with Crippen molar-refractivity contribution in [2.45, 2.75) is 33.7 Å². The zero-order valence-corrected chi connectivity index (χ0v) is 14.1. The third kappa shape index (κ3) is 4.33. The molecule has 0 heterocycles. The molecule has 0 aliphatic heterocycles. The first kappa shape index (κ1) is 17.0. The second-order valence-corrected chi connectivity index (χ2v) is 5.95. The summed E-state index contributed by atoms with van der Waals surface area (Å²) in [6.07, 6.45) is 0. The first-order valence-electron chi connectivity index (χ1n) is 7.75. The molecule has 0 saturated heterocycles. The van der Waals surface area contributed by atoms with Crippen LogP contribution in [0.1, 0.15) is 35.2 Å². The lowest BCUT2D eigenvalue weighted by molar-refractivity contribution is -0.118. The highest BCUT2D eigenvalue weighted by Gasteiger charge is 2.10. The highest BCUT2D eigenvalue weighted by Crippen LogP contribution is 2.26. The van der Waals surface area contributed by atoms with Crippen molar-refractivity contribution in [1.29, 1.82) is 0 Å². The van der Waals surface area contributed by atoms with Crippen LogP contribution < -0.4 is 10.6 Å². The van der Waals surface area contributed by atoms with E-state index < -0.39 is 12.5 Å². The summed E-state index contributed by atoms with van der Waals surface area (Å²) in [6, 6.07) is 12.1. The normalized spacial score (nSPS) is 11.9. The van der Waals surface area contributed by atoms with Gasteiger partial charge in [0.15, 0.2) is 0 Å². The summed E-state index contributed by atoms with van der Waals surface area (Å²) >= 11 is 0. The van der Waals surface area contributed by atoms with E-state index in [1.54, 1.807) is 6.07 Å². The number of rotatable bonds is 5. The van der Waals surface area contributed by atoms with E-state index in [1.807, 2.05) is 18.2 Å². The third-order valence-corrected chi connectivity index (χ3v) is 4.02. The number of nitrogens with one attached hydrogen (secondary N) is 2. The quantitative estimate of drug-likeness (QED) is 0.788. The van der Waals surface area contributed by atoms with E-state index in [0.29, 0.717) is 5.69 Å². The molecule has 1 unspecified atom stereocenters. The fourth-order valence-electron chi connectivity index (χ4n) is 2.66. The predicted molar refractivity (Wildman–Crippen MR) is 94.8 cm³/mol. The van der Waals surface area contributed by atoms with Gasteiger partial charge in [-0.3, -0.25) is 4.79 Å². The molecule has 2 aromatic rings. The number of aryl methyl sites for hydroxylation is 3. The minimum atomic E-state index is -0.518. The van der Waals surface area contributed by atoms with Crippen LogP contribution in [0.4, 0.5) is 11.4 Å². The van der Waals surface area contributed by atoms with Gasteiger partial charge in [0.2, 0.25) is 5.91 Å². The molecule has 0 aromatic heterocycles. The number of hydrogen-bond donors (Lipinski definition) is 3. The Kier molecular flexibility index (Phi) is 5.40. The van der Waals surface area contributed by atoms with Gasteiger partial charge in [-0.15, -0.1) is 0 Å². The Morgan fingerprint density at radius 3 is 2.39 bits per heavy atom. The lowest BCUT2D eigenvalue weighted by Gasteiger charge is -2.20. The van der Waals surface area contributed by atoms with Gasteiger partial charge in [0.25, 0.3) is 0 Å². The smallest absolute Gasteiger partial charge is 0.250 e. The lowest BCUT2D eigenvalue weighted by Crippen LogP contribution is -2.15. The Bertz CT molecular complexity index is 711. The van der Waals surface area contributed by atoms with Crippen molar-refractivity contribution in [3.63, 3.8) is 0 Å². The van der Waals surface area contributed by atoms with Crippen LogP contribution >= 0.6 is 0 Å². The molecule has 0 bridgehead atoms. The number of hydrogen-bond acceptors (Lipinski definition) is 3. The maximum Gasteiger partial charge on any atom is 0.250 e. The van der Waals surface area contributed by atoms with E-state index in [0.717, 1.165) is 5.69 Å². The van der Waals surface area contributed by atoms with Crippen LogP contribution in [0.2, 0.25) is 0 Å². The van der Waals surface area contributed by atoms with Gasteiger partial charge in [-0.2, -0.15) is 0 Å². The number of anilines is 2.